The van der Waals surface area contributed by atoms with Gasteiger partial charge in [0.1, 0.15) is 5.82 Å². The maximum Gasteiger partial charge on any atom is 0.327 e. The van der Waals surface area contributed by atoms with Crippen molar-refractivity contribution in [1.29, 1.82) is 0 Å². The third-order valence-electron chi connectivity index (χ3n) is 3.66. The number of aromatic nitrogens is 2. The summed E-state index contributed by atoms with van der Waals surface area (Å²) in [6.07, 6.45) is 5.20. The maximum absolute atomic E-state index is 12.4. The lowest BCUT2D eigenvalue weighted by Gasteiger charge is -2.34. The number of aromatic amines is 2. The molecule has 0 amide bonds. The average Bonchev–Trinajstić information content (AvgIpc) is 2.53. The molecule has 1 aromatic carbocycles. The van der Waals surface area contributed by atoms with Gasteiger partial charge in [0, 0.05) is 16.9 Å². The molecule has 3 heterocycles. The van der Waals surface area contributed by atoms with E-state index in [1.54, 1.807) is 17.2 Å². The molecule has 2 aliphatic heterocycles. The predicted molar refractivity (Wildman–Crippen MR) is 90.2 cm³/mol. The first-order valence-corrected chi connectivity index (χ1v) is 7.62. The van der Waals surface area contributed by atoms with E-state index in [1.807, 2.05) is 30.5 Å². The fourth-order valence-electron chi connectivity index (χ4n) is 2.70. The van der Waals surface area contributed by atoms with Crippen molar-refractivity contribution < 1.29 is 0 Å². The summed E-state index contributed by atoms with van der Waals surface area (Å²) in [5.74, 6) is 0.666. The van der Waals surface area contributed by atoms with Gasteiger partial charge in [0.25, 0.3) is 5.56 Å². The minimum absolute atomic E-state index is 0.241. The third-order valence-corrected chi connectivity index (χ3v) is 4.19. The van der Waals surface area contributed by atoms with E-state index < -0.39 is 17.3 Å². The standard InChI is InChI=1S/C15H10BrN5O2/c16-9-4-2-8(3-5-9)11-10-12(19-15(23)20-13(10)22)18-14-17-6-1-7-21(11)14/h1-7,11H,(H2,19,20,22,23). The van der Waals surface area contributed by atoms with Crippen LogP contribution in [0.3, 0.4) is 0 Å². The summed E-state index contributed by atoms with van der Waals surface area (Å²) in [6, 6.07) is 7.21. The van der Waals surface area contributed by atoms with Crippen LogP contribution in [-0.2, 0) is 0 Å². The number of hydrogen-bond donors (Lipinski definition) is 2. The van der Waals surface area contributed by atoms with E-state index in [0.29, 0.717) is 11.5 Å². The van der Waals surface area contributed by atoms with Gasteiger partial charge in [-0.05, 0) is 23.8 Å². The maximum atomic E-state index is 12.4. The van der Waals surface area contributed by atoms with Crippen LogP contribution < -0.4 is 11.2 Å². The Bertz CT molecular complexity index is 984. The molecule has 8 heteroatoms. The Hall–Kier alpha value is -2.74. The third kappa shape index (κ3) is 2.27. The average molecular weight is 372 g/mol. The molecular formula is C15H10BrN5O2. The number of nitrogens with zero attached hydrogens (tertiary/aromatic N) is 3. The molecule has 2 N–H and O–H groups in total. The first-order valence-electron chi connectivity index (χ1n) is 6.83. The molecule has 2 aromatic rings. The molecule has 1 unspecified atom stereocenters. The van der Waals surface area contributed by atoms with Gasteiger partial charge in [-0.1, -0.05) is 28.1 Å². The molecule has 0 bridgehead atoms. The molecule has 0 radical (unpaired) electrons. The number of rotatable bonds is 1. The molecule has 1 atom stereocenters. The highest BCUT2D eigenvalue weighted by atomic mass is 79.9. The Morgan fingerprint density at radius 2 is 1.91 bits per heavy atom. The SMILES string of the molecule is O=c1[nH]c2c(c(=O)[nH]1)C(c1ccc(Br)cc1)N1C=CC=NC1=N2. The van der Waals surface area contributed by atoms with Crippen molar-refractivity contribution in [3.8, 4) is 0 Å². The Labute approximate surface area is 138 Å². The van der Waals surface area contributed by atoms with Crippen LogP contribution in [-0.4, -0.2) is 27.0 Å². The van der Waals surface area contributed by atoms with Gasteiger partial charge in [0.15, 0.2) is 0 Å². The highest BCUT2D eigenvalue weighted by molar-refractivity contribution is 9.10. The largest absolute Gasteiger partial charge is 0.327 e. The van der Waals surface area contributed by atoms with Crippen LogP contribution in [0.4, 0.5) is 5.82 Å². The number of guanidine groups is 1. The lowest BCUT2D eigenvalue weighted by Crippen LogP contribution is -2.39. The number of fused-ring (bicyclic) bond motifs is 2. The molecular weight excluding hydrogens is 362 g/mol. The van der Waals surface area contributed by atoms with E-state index in [1.165, 1.54) is 0 Å². The molecule has 0 fully saturated rings. The first-order chi connectivity index (χ1) is 11.1. The molecule has 2 aliphatic rings. The summed E-state index contributed by atoms with van der Waals surface area (Å²) in [5.41, 5.74) is 0.234. The minimum Gasteiger partial charge on any atom is -0.305 e. The van der Waals surface area contributed by atoms with Gasteiger partial charge in [-0.25, -0.2) is 9.79 Å². The predicted octanol–water partition coefficient (Wildman–Crippen LogP) is 1.82. The zero-order valence-electron chi connectivity index (χ0n) is 11.7. The second-order valence-electron chi connectivity index (χ2n) is 5.06. The first kappa shape index (κ1) is 13.9. The molecule has 0 spiro atoms. The summed E-state index contributed by atoms with van der Waals surface area (Å²) < 4.78 is 0.939. The van der Waals surface area contributed by atoms with E-state index in [9.17, 15) is 9.59 Å². The number of aliphatic imine (C=N–C) groups is 2. The zero-order valence-corrected chi connectivity index (χ0v) is 13.2. The summed E-state index contributed by atoms with van der Waals surface area (Å²) in [7, 11) is 0. The number of benzene rings is 1. The molecule has 1 aromatic heterocycles. The normalized spacial score (nSPS) is 18.4. The van der Waals surface area contributed by atoms with Crippen molar-refractivity contribution in [1.82, 2.24) is 14.9 Å². The van der Waals surface area contributed by atoms with Crippen molar-refractivity contribution in [2.24, 2.45) is 9.98 Å². The van der Waals surface area contributed by atoms with Crippen molar-refractivity contribution >= 4 is 33.9 Å². The number of H-pyrrole nitrogens is 2. The lowest BCUT2D eigenvalue weighted by molar-refractivity contribution is 0.451. The fourth-order valence-corrected chi connectivity index (χ4v) is 2.96. The lowest BCUT2D eigenvalue weighted by atomic mass is 9.97. The Kier molecular flexibility index (Phi) is 3.12. The van der Waals surface area contributed by atoms with Crippen LogP contribution in [0.25, 0.3) is 0 Å². The van der Waals surface area contributed by atoms with Gasteiger partial charge in [-0.3, -0.25) is 14.8 Å². The van der Waals surface area contributed by atoms with Gasteiger partial charge >= 0.3 is 5.69 Å². The quantitative estimate of drug-likeness (QED) is 0.800. The molecule has 0 saturated heterocycles. The highest BCUT2D eigenvalue weighted by Crippen LogP contribution is 2.36. The van der Waals surface area contributed by atoms with Gasteiger partial charge in [-0.15, -0.1) is 0 Å². The second-order valence-corrected chi connectivity index (χ2v) is 5.98. The number of nitrogens with one attached hydrogen (secondary N) is 2. The number of allylic oxidation sites excluding steroid dienone is 1. The van der Waals surface area contributed by atoms with Crippen molar-refractivity contribution in [3.63, 3.8) is 0 Å². The molecule has 7 nitrogen and oxygen atoms in total. The molecule has 4 rings (SSSR count). The van der Waals surface area contributed by atoms with Gasteiger partial charge in [-0.2, -0.15) is 4.99 Å². The fraction of sp³-hybridized carbons (Fsp3) is 0.0667. The van der Waals surface area contributed by atoms with Crippen molar-refractivity contribution in [2.75, 3.05) is 0 Å². The minimum atomic E-state index is -0.587. The number of halogens is 1. The van der Waals surface area contributed by atoms with Crippen LogP contribution in [0.5, 0.6) is 0 Å². The summed E-state index contributed by atoms with van der Waals surface area (Å²) >= 11 is 3.40. The van der Waals surface area contributed by atoms with Gasteiger partial charge in [0.05, 0.1) is 11.6 Å². The van der Waals surface area contributed by atoms with E-state index >= 15 is 0 Å². The molecule has 0 saturated carbocycles. The summed E-state index contributed by atoms with van der Waals surface area (Å²) in [6.45, 7) is 0. The Morgan fingerprint density at radius 1 is 1.13 bits per heavy atom. The summed E-state index contributed by atoms with van der Waals surface area (Å²) in [5, 5.41) is 0. The summed E-state index contributed by atoms with van der Waals surface area (Å²) in [4.78, 5) is 39.1. The zero-order chi connectivity index (χ0) is 16.0. The highest BCUT2D eigenvalue weighted by Gasteiger charge is 2.33. The van der Waals surface area contributed by atoms with Gasteiger partial charge in [0.2, 0.25) is 5.96 Å². The second kappa shape index (κ2) is 5.17. The smallest absolute Gasteiger partial charge is 0.305 e. The van der Waals surface area contributed by atoms with Crippen molar-refractivity contribution in [3.05, 3.63) is 73.0 Å². The monoisotopic (exact) mass is 371 g/mol. The van der Waals surface area contributed by atoms with Gasteiger partial charge < -0.3 is 4.90 Å². The van der Waals surface area contributed by atoms with Crippen LogP contribution in [0, 0.1) is 0 Å². The Morgan fingerprint density at radius 3 is 2.70 bits per heavy atom. The van der Waals surface area contributed by atoms with Crippen LogP contribution in [0.2, 0.25) is 0 Å². The van der Waals surface area contributed by atoms with E-state index in [2.05, 4.69) is 35.9 Å². The van der Waals surface area contributed by atoms with Crippen LogP contribution >= 0.6 is 15.9 Å². The Balaban J connectivity index is 2.00. The topological polar surface area (TPSA) is 93.7 Å². The van der Waals surface area contributed by atoms with Crippen molar-refractivity contribution in [2.45, 2.75) is 6.04 Å². The molecule has 23 heavy (non-hydrogen) atoms. The van der Waals surface area contributed by atoms with E-state index in [0.717, 1.165) is 10.0 Å². The van der Waals surface area contributed by atoms with E-state index in [4.69, 9.17) is 0 Å². The van der Waals surface area contributed by atoms with E-state index in [-0.39, 0.29) is 5.82 Å². The number of hydrogen-bond acceptors (Lipinski definition) is 5. The van der Waals surface area contributed by atoms with Crippen LogP contribution in [0.15, 0.2) is 60.6 Å². The molecule has 0 aliphatic carbocycles. The van der Waals surface area contributed by atoms with Crippen LogP contribution in [0.1, 0.15) is 17.2 Å². The molecule has 114 valence electrons.